The van der Waals surface area contributed by atoms with Crippen LogP contribution in [0.5, 0.6) is 11.5 Å². The Labute approximate surface area is 187 Å². The Kier molecular flexibility index (Phi) is 6.96. The molecule has 1 atom stereocenters. The van der Waals surface area contributed by atoms with Gasteiger partial charge in [0.25, 0.3) is 0 Å². The normalized spacial score (nSPS) is 17.4. The van der Waals surface area contributed by atoms with Gasteiger partial charge in [-0.25, -0.2) is 0 Å². The zero-order valence-corrected chi connectivity index (χ0v) is 17.1. The first-order valence-corrected chi connectivity index (χ1v) is 9.85. The lowest BCUT2D eigenvalue weighted by Gasteiger charge is -2.10. The van der Waals surface area contributed by atoms with Gasteiger partial charge in [0.15, 0.2) is 5.17 Å². The van der Waals surface area contributed by atoms with Gasteiger partial charge < -0.3 is 15.2 Å². The third kappa shape index (κ3) is 6.29. The first-order valence-electron chi connectivity index (χ1n) is 8.97. The van der Waals surface area contributed by atoms with Crippen molar-refractivity contribution in [2.24, 2.45) is 10.2 Å². The van der Waals surface area contributed by atoms with Crippen LogP contribution in [0, 0.1) is 10.1 Å². The maximum Gasteiger partial charge on any atom is 0.416 e. The highest BCUT2D eigenvalue weighted by Gasteiger charge is 2.32. The van der Waals surface area contributed by atoms with Crippen molar-refractivity contribution >= 4 is 40.7 Å². The Morgan fingerprint density at radius 3 is 2.73 bits per heavy atom. The summed E-state index contributed by atoms with van der Waals surface area (Å²) >= 11 is 0.883. The molecule has 0 spiro atoms. The maximum absolute atomic E-state index is 12.9. The number of hydrogen-bond acceptors (Lipinski definition) is 8. The van der Waals surface area contributed by atoms with E-state index in [9.17, 15) is 32.9 Å². The van der Waals surface area contributed by atoms with Crippen LogP contribution in [-0.4, -0.2) is 38.5 Å². The summed E-state index contributed by atoms with van der Waals surface area (Å²) in [5.74, 6) is -2.18. The van der Waals surface area contributed by atoms with Crippen LogP contribution in [0.1, 0.15) is 17.5 Å². The van der Waals surface area contributed by atoms with E-state index in [1.165, 1.54) is 18.2 Å². The Morgan fingerprint density at radius 2 is 2.06 bits per heavy atom. The molecule has 2 aromatic rings. The molecule has 10 nitrogen and oxygen atoms in total. The molecular formula is C19H13F3N4O6S. The number of carboxylic acids is 1. The van der Waals surface area contributed by atoms with Gasteiger partial charge >= 0.3 is 17.8 Å². The summed E-state index contributed by atoms with van der Waals surface area (Å²) in [7, 11) is 0. The van der Waals surface area contributed by atoms with Crippen molar-refractivity contribution in [2.75, 3.05) is 0 Å². The third-order valence-electron chi connectivity index (χ3n) is 4.06. The number of nitro benzene ring substituents is 1. The Morgan fingerprint density at radius 1 is 1.30 bits per heavy atom. The summed E-state index contributed by atoms with van der Waals surface area (Å²) in [4.78, 5) is 33.0. The van der Waals surface area contributed by atoms with Gasteiger partial charge in [-0.15, -0.1) is 5.10 Å². The second-order valence-corrected chi connectivity index (χ2v) is 7.65. The lowest BCUT2D eigenvalue weighted by atomic mass is 10.2. The molecule has 1 fully saturated rings. The van der Waals surface area contributed by atoms with Crippen molar-refractivity contribution in [3.63, 3.8) is 0 Å². The number of nitro groups is 1. The molecule has 1 aliphatic rings. The van der Waals surface area contributed by atoms with Crippen LogP contribution in [-0.2, 0) is 15.8 Å². The van der Waals surface area contributed by atoms with Crippen molar-refractivity contribution in [2.45, 2.75) is 17.8 Å². The number of nitrogens with one attached hydrogen (secondary N) is 1. The number of carbonyl (C=O) groups excluding carboxylic acids is 1. The number of amides is 1. The average Bonchev–Trinajstić information content (AvgIpc) is 3.07. The van der Waals surface area contributed by atoms with Gasteiger partial charge in [0, 0.05) is 11.6 Å². The highest BCUT2D eigenvalue weighted by molar-refractivity contribution is 8.15. The topological polar surface area (TPSA) is 143 Å². The van der Waals surface area contributed by atoms with Gasteiger partial charge in [0.2, 0.25) is 11.7 Å². The highest BCUT2D eigenvalue weighted by Crippen LogP contribution is 2.35. The summed E-state index contributed by atoms with van der Waals surface area (Å²) in [5.41, 5.74) is -1.26. The molecule has 2 aromatic carbocycles. The van der Waals surface area contributed by atoms with E-state index in [4.69, 9.17) is 9.84 Å². The number of halogens is 3. The van der Waals surface area contributed by atoms with Crippen molar-refractivity contribution in [1.29, 1.82) is 0 Å². The average molecular weight is 482 g/mol. The monoisotopic (exact) mass is 482 g/mol. The molecule has 1 saturated heterocycles. The zero-order valence-electron chi connectivity index (χ0n) is 16.3. The van der Waals surface area contributed by atoms with E-state index in [1.54, 1.807) is 0 Å². The van der Waals surface area contributed by atoms with Gasteiger partial charge in [0.1, 0.15) is 11.0 Å². The predicted molar refractivity (Wildman–Crippen MR) is 111 cm³/mol. The molecule has 2 N–H and O–H groups in total. The van der Waals surface area contributed by atoms with Crippen molar-refractivity contribution in [3.8, 4) is 11.5 Å². The molecule has 172 valence electrons. The minimum atomic E-state index is -4.60. The van der Waals surface area contributed by atoms with E-state index >= 15 is 0 Å². The number of carbonyl (C=O) groups is 2. The van der Waals surface area contributed by atoms with Crippen molar-refractivity contribution < 1.29 is 37.5 Å². The third-order valence-corrected chi connectivity index (χ3v) is 5.13. The van der Waals surface area contributed by atoms with Crippen LogP contribution in [0.15, 0.2) is 52.7 Å². The van der Waals surface area contributed by atoms with Gasteiger partial charge in [-0.2, -0.15) is 18.3 Å². The Hall–Kier alpha value is -3.94. The first-order chi connectivity index (χ1) is 15.5. The number of aliphatic carboxylic acids is 1. The largest absolute Gasteiger partial charge is 0.481 e. The van der Waals surface area contributed by atoms with Gasteiger partial charge in [-0.05, 0) is 30.3 Å². The van der Waals surface area contributed by atoms with E-state index in [-0.39, 0.29) is 22.2 Å². The summed E-state index contributed by atoms with van der Waals surface area (Å²) in [5, 5.41) is 29.2. The minimum absolute atomic E-state index is 0.0708. The molecule has 0 aliphatic carbocycles. The maximum atomic E-state index is 12.9. The number of nitrogens with zero attached hydrogens (tertiary/aromatic N) is 3. The highest BCUT2D eigenvalue weighted by atomic mass is 32.2. The molecule has 3 rings (SSSR count). The van der Waals surface area contributed by atoms with Gasteiger partial charge in [-0.3, -0.25) is 19.7 Å². The molecule has 1 unspecified atom stereocenters. The molecule has 0 radical (unpaired) electrons. The van der Waals surface area contributed by atoms with E-state index in [0.29, 0.717) is 0 Å². The second kappa shape index (κ2) is 9.68. The van der Waals surface area contributed by atoms with Crippen LogP contribution >= 0.6 is 11.8 Å². The Balaban J connectivity index is 1.76. The number of hydrogen-bond donors (Lipinski definition) is 2. The molecule has 14 heteroatoms. The lowest BCUT2D eigenvalue weighted by molar-refractivity contribution is -0.385. The molecule has 1 aliphatic heterocycles. The van der Waals surface area contributed by atoms with Crippen molar-refractivity contribution in [3.05, 3.63) is 63.7 Å². The number of rotatable bonds is 7. The van der Waals surface area contributed by atoms with E-state index < -0.39 is 45.9 Å². The van der Waals surface area contributed by atoms with Crippen LogP contribution < -0.4 is 10.1 Å². The standard InChI is InChI=1S/C19H13F3N4O6S/c20-19(21,22)11-2-1-3-12(7-11)32-14-5-4-10(6-13(14)26(30)31)9-23-25-18-24-17(29)15(33-18)8-16(27)28/h1-7,9,15H,8H2,(H,27,28)(H,24,25,29). The van der Waals surface area contributed by atoms with Crippen LogP contribution in [0.4, 0.5) is 18.9 Å². The molecule has 1 amide bonds. The number of thioether (sulfide) groups is 1. The zero-order chi connectivity index (χ0) is 24.2. The van der Waals surface area contributed by atoms with Crippen LogP contribution in [0.2, 0.25) is 0 Å². The summed E-state index contributed by atoms with van der Waals surface area (Å²) in [6.45, 7) is 0. The number of carboxylic acid groups (broad SMARTS) is 1. The van der Waals surface area contributed by atoms with E-state index in [1.807, 2.05) is 0 Å². The number of benzene rings is 2. The van der Waals surface area contributed by atoms with Crippen molar-refractivity contribution in [1.82, 2.24) is 5.32 Å². The molecule has 1 heterocycles. The fourth-order valence-electron chi connectivity index (χ4n) is 2.60. The molecule has 0 bridgehead atoms. The molecule has 0 aromatic heterocycles. The molecular weight excluding hydrogens is 469 g/mol. The smallest absolute Gasteiger partial charge is 0.416 e. The number of ether oxygens (including phenoxy) is 1. The lowest BCUT2D eigenvalue weighted by Crippen LogP contribution is -2.26. The van der Waals surface area contributed by atoms with E-state index in [2.05, 4.69) is 15.5 Å². The predicted octanol–water partition coefficient (Wildman–Crippen LogP) is 3.80. The first kappa shape index (κ1) is 23.7. The second-order valence-electron chi connectivity index (χ2n) is 6.46. The Bertz CT molecular complexity index is 1170. The number of alkyl halides is 3. The van der Waals surface area contributed by atoms with E-state index in [0.717, 1.165) is 42.2 Å². The van der Waals surface area contributed by atoms with Gasteiger partial charge in [0.05, 0.1) is 23.1 Å². The summed E-state index contributed by atoms with van der Waals surface area (Å²) < 4.78 is 43.9. The molecule has 33 heavy (non-hydrogen) atoms. The fraction of sp³-hybridized carbons (Fsp3) is 0.158. The number of amidine groups is 1. The van der Waals surface area contributed by atoms with Crippen LogP contribution in [0.3, 0.4) is 0 Å². The molecule has 0 saturated carbocycles. The SMILES string of the molecule is O=C(O)CC1SC(=NN=Cc2ccc(Oc3cccc(C(F)(F)F)c3)c([N+](=O)[O-])c2)NC1=O. The summed E-state index contributed by atoms with van der Waals surface area (Å²) in [6.07, 6.45) is -3.85. The summed E-state index contributed by atoms with van der Waals surface area (Å²) in [6, 6.07) is 7.56. The van der Waals surface area contributed by atoms with Gasteiger partial charge in [-0.1, -0.05) is 17.8 Å². The fourth-order valence-corrected chi connectivity index (χ4v) is 3.51. The minimum Gasteiger partial charge on any atom is -0.481 e. The van der Waals surface area contributed by atoms with Crippen LogP contribution in [0.25, 0.3) is 0 Å². The quantitative estimate of drug-likeness (QED) is 0.347.